The minimum atomic E-state index is 0.366. The lowest BCUT2D eigenvalue weighted by Gasteiger charge is -1.98. The van der Waals surface area contributed by atoms with Crippen LogP contribution in [0.15, 0.2) is 24.3 Å². The van der Waals surface area contributed by atoms with Gasteiger partial charge in [-0.1, -0.05) is 6.07 Å². The van der Waals surface area contributed by atoms with Crippen LogP contribution in [-0.4, -0.2) is 9.78 Å². The first kappa shape index (κ1) is 9.95. The van der Waals surface area contributed by atoms with E-state index in [0.29, 0.717) is 11.1 Å². The maximum Gasteiger partial charge on any atom is 0.101 e. The van der Waals surface area contributed by atoms with Crippen LogP contribution in [0.2, 0.25) is 0 Å². The number of benzene rings is 1. The lowest BCUT2D eigenvalue weighted by Crippen LogP contribution is -1.89. The molecule has 4 nitrogen and oxygen atoms in total. The molecule has 4 heteroatoms. The second-order valence-corrected chi connectivity index (χ2v) is 3.27. The van der Waals surface area contributed by atoms with Crippen LogP contribution in [0.5, 0.6) is 0 Å². The Morgan fingerprint density at radius 1 is 1.25 bits per heavy atom. The van der Waals surface area contributed by atoms with Crippen molar-refractivity contribution in [1.29, 1.82) is 10.5 Å². The van der Waals surface area contributed by atoms with Crippen LogP contribution in [0.25, 0.3) is 11.3 Å². The minimum absolute atomic E-state index is 0.366. The molecule has 16 heavy (non-hydrogen) atoms. The van der Waals surface area contributed by atoms with Gasteiger partial charge in [0, 0.05) is 12.6 Å². The quantitative estimate of drug-likeness (QED) is 0.713. The largest absolute Gasteiger partial charge is 0.266 e. The van der Waals surface area contributed by atoms with Crippen LogP contribution in [-0.2, 0) is 7.05 Å². The van der Waals surface area contributed by atoms with Crippen molar-refractivity contribution in [3.63, 3.8) is 0 Å². The van der Waals surface area contributed by atoms with E-state index in [2.05, 4.69) is 11.3 Å². The molecule has 0 bridgehead atoms. The molecule has 0 aliphatic heterocycles. The van der Waals surface area contributed by atoms with Crippen molar-refractivity contribution in [2.75, 3.05) is 0 Å². The molecule has 75 valence electrons. The lowest BCUT2D eigenvalue weighted by molar-refractivity contribution is 0.765. The van der Waals surface area contributed by atoms with E-state index in [1.807, 2.05) is 12.1 Å². The van der Waals surface area contributed by atoms with Gasteiger partial charge in [0.15, 0.2) is 0 Å². The van der Waals surface area contributed by atoms with Gasteiger partial charge >= 0.3 is 0 Å². The highest BCUT2D eigenvalue weighted by molar-refractivity contribution is 5.63. The van der Waals surface area contributed by atoms with Crippen LogP contribution >= 0.6 is 0 Å². The number of hydrogen-bond acceptors (Lipinski definition) is 3. The summed E-state index contributed by atoms with van der Waals surface area (Å²) in [6, 6.07) is 10.8. The zero-order valence-electron chi connectivity index (χ0n) is 8.60. The summed E-state index contributed by atoms with van der Waals surface area (Å²) in [5.74, 6) is 0. The molecule has 1 aromatic heterocycles. The van der Waals surface area contributed by atoms with E-state index in [0.717, 1.165) is 11.3 Å². The van der Waals surface area contributed by atoms with Crippen LogP contribution in [0.3, 0.4) is 0 Å². The number of nitriles is 2. The molecular weight excluding hydrogens is 200 g/mol. The Morgan fingerprint density at radius 3 is 2.56 bits per heavy atom. The van der Waals surface area contributed by atoms with E-state index in [9.17, 15) is 0 Å². The SMILES string of the molecule is Cn1[c]cc(-c2ccc(C#N)c(C#N)c2)n1. The topological polar surface area (TPSA) is 65.4 Å². The van der Waals surface area contributed by atoms with Gasteiger partial charge in [-0.25, -0.2) is 0 Å². The number of nitrogens with zero attached hydrogens (tertiary/aromatic N) is 4. The zero-order chi connectivity index (χ0) is 11.5. The molecule has 0 spiro atoms. The molecule has 0 aliphatic carbocycles. The van der Waals surface area contributed by atoms with Crippen LogP contribution < -0.4 is 0 Å². The van der Waals surface area contributed by atoms with Crippen LogP contribution in [0.4, 0.5) is 0 Å². The second kappa shape index (κ2) is 3.88. The first-order valence-corrected chi connectivity index (χ1v) is 4.61. The Balaban J connectivity index is 2.54. The molecule has 0 amide bonds. The first-order chi connectivity index (χ1) is 7.74. The summed E-state index contributed by atoms with van der Waals surface area (Å²) in [5.41, 5.74) is 2.30. The first-order valence-electron chi connectivity index (χ1n) is 4.61. The predicted molar refractivity (Wildman–Crippen MR) is 56.9 cm³/mol. The van der Waals surface area contributed by atoms with E-state index >= 15 is 0 Å². The molecular formula is C12H7N4. The molecule has 1 aromatic carbocycles. The van der Waals surface area contributed by atoms with Gasteiger partial charge in [0.2, 0.25) is 0 Å². The fourth-order valence-electron chi connectivity index (χ4n) is 1.41. The summed E-state index contributed by atoms with van der Waals surface area (Å²) in [6.45, 7) is 0. The average molecular weight is 207 g/mol. The Hall–Kier alpha value is -2.59. The average Bonchev–Trinajstić information content (AvgIpc) is 2.75. The van der Waals surface area contributed by atoms with E-state index in [4.69, 9.17) is 10.5 Å². The summed E-state index contributed by atoms with van der Waals surface area (Å²) >= 11 is 0. The van der Waals surface area contributed by atoms with Gasteiger partial charge in [-0.2, -0.15) is 15.6 Å². The molecule has 0 atom stereocenters. The molecule has 2 rings (SSSR count). The fraction of sp³-hybridized carbons (Fsp3) is 0.0833. The molecule has 0 unspecified atom stereocenters. The highest BCUT2D eigenvalue weighted by atomic mass is 15.2. The van der Waals surface area contributed by atoms with Crippen molar-refractivity contribution in [3.05, 3.63) is 41.6 Å². The monoisotopic (exact) mass is 207 g/mol. The van der Waals surface area contributed by atoms with E-state index < -0.39 is 0 Å². The smallest absolute Gasteiger partial charge is 0.101 e. The van der Waals surface area contributed by atoms with E-state index in [1.165, 1.54) is 0 Å². The maximum absolute atomic E-state index is 8.89. The Morgan fingerprint density at radius 2 is 2.00 bits per heavy atom. The molecule has 0 saturated heterocycles. The van der Waals surface area contributed by atoms with Gasteiger partial charge in [0.1, 0.15) is 12.1 Å². The number of hydrogen-bond donors (Lipinski definition) is 0. The molecule has 1 heterocycles. The third-order valence-corrected chi connectivity index (χ3v) is 2.20. The van der Waals surface area contributed by atoms with Crippen LogP contribution in [0.1, 0.15) is 11.1 Å². The summed E-state index contributed by atoms with van der Waals surface area (Å²) in [4.78, 5) is 0. The van der Waals surface area contributed by atoms with Gasteiger partial charge in [-0.15, -0.1) is 0 Å². The predicted octanol–water partition coefficient (Wildman–Crippen LogP) is 1.63. The van der Waals surface area contributed by atoms with Gasteiger partial charge in [-0.3, -0.25) is 4.68 Å². The zero-order valence-corrected chi connectivity index (χ0v) is 8.60. The Bertz CT molecular complexity index is 611. The van der Waals surface area contributed by atoms with Crippen molar-refractivity contribution < 1.29 is 0 Å². The fourth-order valence-corrected chi connectivity index (χ4v) is 1.41. The molecule has 0 saturated carbocycles. The second-order valence-electron chi connectivity index (χ2n) is 3.27. The molecule has 0 fully saturated rings. The highest BCUT2D eigenvalue weighted by Crippen LogP contribution is 2.19. The van der Waals surface area contributed by atoms with Crippen molar-refractivity contribution in [1.82, 2.24) is 9.78 Å². The molecule has 2 aromatic rings. The van der Waals surface area contributed by atoms with Crippen molar-refractivity contribution in [3.8, 4) is 23.4 Å². The van der Waals surface area contributed by atoms with Crippen LogP contribution in [0, 0.1) is 28.9 Å². The van der Waals surface area contributed by atoms with Crippen molar-refractivity contribution in [2.24, 2.45) is 7.05 Å². The number of rotatable bonds is 1. The third kappa shape index (κ3) is 1.65. The minimum Gasteiger partial charge on any atom is -0.266 e. The number of aryl methyl sites for hydroxylation is 1. The van der Waals surface area contributed by atoms with Gasteiger partial charge in [0.25, 0.3) is 0 Å². The third-order valence-electron chi connectivity index (χ3n) is 2.20. The summed E-state index contributed by atoms with van der Waals surface area (Å²) in [7, 11) is 1.78. The van der Waals surface area contributed by atoms with Crippen molar-refractivity contribution in [2.45, 2.75) is 0 Å². The summed E-state index contributed by atoms with van der Waals surface area (Å²) in [6.07, 6.45) is 2.89. The van der Waals surface area contributed by atoms with Gasteiger partial charge in [-0.05, 0) is 18.2 Å². The standard InChI is InChI=1S/C12H7N4/c1-16-5-4-12(15-16)9-2-3-10(7-13)11(6-9)8-14/h2-4,6H,1H3. The van der Waals surface area contributed by atoms with E-state index in [-0.39, 0.29) is 0 Å². The lowest BCUT2D eigenvalue weighted by atomic mass is 10.0. The number of aromatic nitrogens is 2. The summed E-state index contributed by atoms with van der Waals surface area (Å²) in [5, 5.41) is 21.9. The molecule has 1 radical (unpaired) electrons. The Kier molecular flexibility index (Phi) is 2.41. The summed E-state index contributed by atoms with van der Waals surface area (Å²) < 4.78 is 1.57. The van der Waals surface area contributed by atoms with Crippen molar-refractivity contribution >= 4 is 0 Å². The Labute approximate surface area is 93.0 Å². The van der Waals surface area contributed by atoms with E-state index in [1.54, 1.807) is 36.0 Å². The maximum atomic E-state index is 8.89. The normalized spacial score (nSPS) is 9.44. The molecule has 0 aliphatic rings. The highest BCUT2D eigenvalue weighted by Gasteiger charge is 2.06. The van der Waals surface area contributed by atoms with Gasteiger partial charge in [0.05, 0.1) is 23.0 Å². The van der Waals surface area contributed by atoms with Gasteiger partial charge < -0.3 is 0 Å². The molecule has 0 N–H and O–H groups in total.